The summed E-state index contributed by atoms with van der Waals surface area (Å²) in [6.07, 6.45) is 0. The number of nitrogens with two attached hydrogens (primary N) is 1. The second-order valence-corrected chi connectivity index (χ2v) is 8.96. The van der Waals surface area contributed by atoms with Crippen LogP contribution in [0.5, 0.6) is 0 Å². The van der Waals surface area contributed by atoms with E-state index in [0.29, 0.717) is 5.56 Å². The van der Waals surface area contributed by atoms with Crippen LogP contribution in [0, 0.1) is 6.92 Å². The van der Waals surface area contributed by atoms with Crippen LogP contribution in [0.2, 0.25) is 0 Å². The Kier molecular flexibility index (Phi) is 8.61. The minimum Gasteiger partial charge on any atom is -0.464 e. The Labute approximate surface area is 237 Å². The Hall–Kier alpha value is -5.98. The number of hydrazone groups is 1. The van der Waals surface area contributed by atoms with Gasteiger partial charge in [0.1, 0.15) is 11.6 Å². The number of anilines is 1. The summed E-state index contributed by atoms with van der Waals surface area (Å²) in [4.78, 5) is 83.6. The molecule has 4 rings (SSSR count). The molecule has 13 nitrogen and oxygen atoms in total. The number of methoxy groups -OCH3 is 1. The SMILES string of the molecule is COC(=O)/C(=N/NC(N)=O)[C@H](C(=O)C(=O)Nc1ccc(C)cc1)c1nc2ccc(C(=O)c3ccccc3)cc2[nH]c1=O. The van der Waals surface area contributed by atoms with Gasteiger partial charge in [-0.2, -0.15) is 5.10 Å². The van der Waals surface area contributed by atoms with E-state index in [1.807, 2.05) is 12.3 Å². The van der Waals surface area contributed by atoms with Crippen LogP contribution in [-0.2, 0) is 19.1 Å². The van der Waals surface area contributed by atoms with Crippen LogP contribution in [0.4, 0.5) is 10.5 Å². The van der Waals surface area contributed by atoms with E-state index in [2.05, 4.69) is 20.4 Å². The number of ketones is 2. The van der Waals surface area contributed by atoms with Gasteiger partial charge in [0.25, 0.3) is 11.5 Å². The number of hydrogen-bond donors (Lipinski definition) is 4. The Morgan fingerprint density at radius 2 is 1.64 bits per heavy atom. The molecule has 5 N–H and O–H groups in total. The van der Waals surface area contributed by atoms with Gasteiger partial charge in [0.15, 0.2) is 11.5 Å². The van der Waals surface area contributed by atoms with Gasteiger partial charge in [0.2, 0.25) is 5.78 Å². The number of H-pyrrole nitrogens is 1. The topological polar surface area (TPSA) is 203 Å². The van der Waals surface area contributed by atoms with Crippen LogP contribution in [-0.4, -0.2) is 52.3 Å². The number of aryl methyl sites for hydroxylation is 1. The van der Waals surface area contributed by atoms with Crippen LogP contribution in [0.15, 0.2) is 82.7 Å². The Morgan fingerprint density at radius 3 is 2.29 bits per heavy atom. The second kappa shape index (κ2) is 12.5. The van der Waals surface area contributed by atoms with Crippen molar-refractivity contribution in [1.29, 1.82) is 0 Å². The fourth-order valence-corrected chi connectivity index (χ4v) is 3.98. The first-order valence-electron chi connectivity index (χ1n) is 12.4. The maximum absolute atomic E-state index is 13.5. The number of primary amides is 1. The number of nitrogens with zero attached hydrogens (tertiary/aromatic N) is 2. The first kappa shape index (κ1) is 29.0. The molecule has 0 bridgehead atoms. The summed E-state index contributed by atoms with van der Waals surface area (Å²) >= 11 is 0. The van der Waals surface area contributed by atoms with Crippen molar-refractivity contribution >= 4 is 51.9 Å². The van der Waals surface area contributed by atoms with E-state index in [9.17, 15) is 28.8 Å². The number of carbonyl (C=O) groups is 5. The Bertz CT molecular complexity index is 1800. The van der Waals surface area contributed by atoms with E-state index in [4.69, 9.17) is 10.5 Å². The van der Waals surface area contributed by atoms with E-state index in [0.717, 1.165) is 12.7 Å². The fraction of sp³-hybridized carbons (Fsp3) is 0.103. The van der Waals surface area contributed by atoms with Crippen molar-refractivity contribution in [2.75, 3.05) is 12.4 Å². The molecule has 0 unspecified atom stereocenters. The van der Waals surface area contributed by atoms with Crippen molar-refractivity contribution in [3.8, 4) is 0 Å². The fourth-order valence-electron chi connectivity index (χ4n) is 3.98. The van der Waals surface area contributed by atoms with Gasteiger partial charge < -0.3 is 20.8 Å². The zero-order valence-corrected chi connectivity index (χ0v) is 22.3. The minimum absolute atomic E-state index is 0.123. The predicted molar refractivity (Wildman–Crippen MR) is 152 cm³/mol. The van der Waals surface area contributed by atoms with Gasteiger partial charge in [0.05, 0.1) is 18.1 Å². The number of amides is 3. The maximum Gasteiger partial charge on any atom is 0.355 e. The standard InChI is InChI=1S/C29H24N6O7/c1-15-8-11-18(12-9-15)31-27(39)25(37)21(23(28(40)42-2)34-35-29(30)41)22-26(38)33-20-14-17(10-13-19(20)32-22)24(36)16-6-4-3-5-7-16/h3-14,21H,1-2H3,(H,31,39)(H,33,38)(H3,30,35,41)/b34-23+/t21-/m1/s1. The predicted octanol–water partition coefficient (Wildman–Crippen LogP) is 1.95. The number of fused-ring (bicyclic) bond motifs is 1. The van der Waals surface area contributed by atoms with Crippen molar-refractivity contribution in [2.45, 2.75) is 12.8 Å². The number of aromatic nitrogens is 2. The lowest BCUT2D eigenvalue weighted by atomic mass is 9.93. The van der Waals surface area contributed by atoms with Gasteiger partial charge in [-0.25, -0.2) is 20.0 Å². The largest absolute Gasteiger partial charge is 0.464 e. The van der Waals surface area contributed by atoms with E-state index in [-0.39, 0.29) is 28.1 Å². The van der Waals surface area contributed by atoms with Crippen LogP contribution in [0.3, 0.4) is 0 Å². The first-order valence-corrected chi connectivity index (χ1v) is 12.4. The average molecular weight is 569 g/mol. The zero-order chi connectivity index (χ0) is 30.4. The summed E-state index contributed by atoms with van der Waals surface area (Å²) in [5.41, 5.74) is 6.62. The van der Waals surface area contributed by atoms with Gasteiger partial charge in [0, 0.05) is 16.8 Å². The number of carbonyl (C=O) groups excluding carboxylic acids is 5. The monoisotopic (exact) mass is 568 g/mol. The van der Waals surface area contributed by atoms with Crippen LogP contribution in [0.1, 0.15) is 33.1 Å². The smallest absolute Gasteiger partial charge is 0.355 e. The number of ether oxygens (including phenoxy) is 1. The molecule has 212 valence electrons. The average Bonchev–Trinajstić information content (AvgIpc) is 2.99. The third-order valence-corrected chi connectivity index (χ3v) is 6.04. The molecule has 0 aliphatic rings. The number of esters is 1. The number of nitrogens with one attached hydrogen (secondary N) is 3. The van der Waals surface area contributed by atoms with E-state index < -0.39 is 46.6 Å². The highest BCUT2D eigenvalue weighted by Crippen LogP contribution is 2.21. The lowest BCUT2D eigenvalue weighted by Gasteiger charge is -2.16. The maximum atomic E-state index is 13.5. The van der Waals surface area contributed by atoms with Gasteiger partial charge in [-0.3, -0.25) is 19.2 Å². The van der Waals surface area contributed by atoms with Crippen molar-refractivity contribution in [3.05, 3.63) is 106 Å². The molecule has 4 aromatic rings. The minimum atomic E-state index is -2.02. The number of urea groups is 1. The van der Waals surface area contributed by atoms with Gasteiger partial charge >= 0.3 is 12.0 Å². The second-order valence-electron chi connectivity index (χ2n) is 8.96. The van der Waals surface area contributed by atoms with E-state index >= 15 is 0 Å². The summed E-state index contributed by atoms with van der Waals surface area (Å²) in [5.74, 6) is -6.08. The van der Waals surface area contributed by atoms with E-state index in [1.54, 1.807) is 54.6 Å². The highest BCUT2D eigenvalue weighted by atomic mass is 16.5. The number of benzene rings is 3. The summed E-state index contributed by atoms with van der Waals surface area (Å²) in [6, 6.07) is 18.1. The van der Waals surface area contributed by atoms with Gasteiger partial charge in [-0.15, -0.1) is 0 Å². The molecule has 13 heteroatoms. The first-order chi connectivity index (χ1) is 20.1. The van der Waals surface area contributed by atoms with Crippen molar-refractivity contribution in [2.24, 2.45) is 10.8 Å². The van der Waals surface area contributed by atoms with Crippen LogP contribution < -0.4 is 22.0 Å². The number of aromatic amines is 1. The number of hydrogen-bond acceptors (Lipinski definition) is 9. The van der Waals surface area contributed by atoms with Gasteiger partial charge in [-0.05, 0) is 37.3 Å². The lowest BCUT2D eigenvalue weighted by Crippen LogP contribution is -2.41. The Morgan fingerprint density at radius 1 is 0.952 bits per heavy atom. The molecule has 0 saturated heterocycles. The third kappa shape index (κ3) is 6.42. The molecule has 3 amide bonds. The van der Waals surface area contributed by atoms with Crippen molar-refractivity contribution in [3.63, 3.8) is 0 Å². The molecule has 0 saturated carbocycles. The summed E-state index contributed by atoms with van der Waals surface area (Å²) in [5, 5.41) is 5.97. The molecule has 0 radical (unpaired) electrons. The van der Waals surface area contributed by atoms with Gasteiger partial charge in [-0.1, -0.05) is 48.0 Å². The molecule has 0 aliphatic carbocycles. The third-order valence-electron chi connectivity index (χ3n) is 6.04. The summed E-state index contributed by atoms with van der Waals surface area (Å²) < 4.78 is 4.70. The molecular weight excluding hydrogens is 544 g/mol. The molecule has 1 atom stereocenters. The molecule has 42 heavy (non-hydrogen) atoms. The highest BCUT2D eigenvalue weighted by Gasteiger charge is 2.39. The normalized spacial score (nSPS) is 11.8. The van der Waals surface area contributed by atoms with E-state index in [1.165, 1.54) is 18.2 Å². The molecule has 0 fully saturated rings. The van der Waals surface area contributed by atoms with Crippen molar-refractivity contribution in [1.82, 2.24) is 15.4 Å². The van der Waals surface area contributed by atoms with Crippen molar-refractivity contribution < 1.29 is 28.7 Å². The molecule has 1 heterocycles. The molecular formula is C29H24N6O7. The summed E-state index contributed by atoms with van der Waals surface area (Å²) in [7, 11) is 0.972. The highest BCUT2D eigenvalue weighted by molar-refractivity contribution is 6.53. The summed E-state index contributed by atoms with van der Waals surface area (Å²) in [6.45, 7) is 1.83. The quantitative estimate of drug-likeness (QED) is 0.0770. The number of rotatable bonds is 9. The zero-order valence-electron chi connectivity index (χ0n) is 22.3. The molecule has 3 aromatic carbocycles. The molecule has 0 aliphatic heterocycles. The van der Waals surface area contributed by atoms with Crippen LogP contribution in [0.25, 0.3) is 11.0 Å². The molecule has 0 spiro atoms. The lowest BCUT2D eigenvalue weighted by molar-refractivity contribution is -0.136. The number of Topliss-reactive ketones (excluding diaryl/α,β-unsaturated/α-hetero) is 1. The molecule has 1 aromatic heterocycles. The van der Waals surface area contributed by atoms with Crippen LogP contribution >= 0.6 is 0 Å². The Balaban J connectivity index is 1.81.